The van der Waals surface area contributed by atoms with Crippen LogP contribution in [0.15, 0.2) is 48.7 Å². The molecule has 2 heterocycles. The highest BCUT2D eigenvalue weighted by Gasteiger charge is 2.23. The van der Waals surface area contributed by atoms with Crippen LogP contribution >= 0.6 is 0 Å². The van der Waals surface area contributed by atoms with Crippen molar-refractivity contribution in [1.29, 1.82) is 0 Å². The van der Waals surface area contributed by atoms with Crippen molar-refractivity contribution in [2.75, 3.05) is 0 Å². The Morgan fingerprint density at radius 1 is 1.22 bits per heavy atom. The van der Waals surface area contributed by atoms with Gasteiger partial charge in [-0.1, -0.05) is 23.4 Å². The third-order valence-electron chi connectivity index (χ3n) is 4.56. The van der Waals surface area contributed by atoms with Crippen molar-refractivity contribution in [3.05, 3.63) is 59.8 Å². The van der Waals surface area contributed by atoms with Crippen molar-refractivity contribution in [2.45, 2.75) is 26.5 Å². The van der Waals surface area contributed by atoms with Crippen molar-refractivity contribution < 1.29 is 14.3 Å². The van der Waals surface area contributed by atoms with Gasteiger partial charge in [0.1, 0.15) is 5.52 Å². The van der Waals surface area contributed by atoms with Gasteiger partial charge in [-0.15, -0.1) is 5.10 Å². The fourth-order valence-electron chi connectivity index (χ4n) is 3.11. The largest absolute Gasteiger partial charge is 0.451 e. The average Bonchev–Trinajstić information content (AvgIpc) is 3.30. The van der Waals surface area contributed by atoms with E-state index >= 15 is 0 Å². The molecule has 0 saturated carbocycles. The second kappa shape index (κ2) is 6.68. The normalized spacial score (nSPS) is 12.4. The zero-order chi connectivity index (χ0) is 19.0. The summed E-state index contributed by atoms with van der Waals surface area (Å²) in [5, 5.41) is 8.89. The second-order valence-electron chi connectivity index (χ2n) is 6.27. The molecule has 1 unspecified atom stereocenters. The molecular formula is C20H18N4O3. The fourth-order valence-corrected chi connectivity index (χ4v) is 3.11. The number of benzene rings is 2. The molecular weight excluding hydrogens is 344 g/mol. The lowest BCUT2D eigenvalue weighted by molar-refractivity contribution is 0.0319. The number of aromatic amines is 1. The molecule has 0 aliphatic heterocycles. The minimum atomic E-state index is -0.904. The van der Waals surface area contributed by atoms with E-state index in [0.29, 0.717) is 23.2 Å². The molecule has 0 bridgehead atoms. The van der Waals surface area contributed by atoms with Gasteiger partial charge in [0.15, 0.2) is 6.10 Å². The Balaban J connectivity index is 1.54. The topological polar surface area (TPSA) is 89.9 Å². The Morgan fingerprint density at radius 3 is 2.85 bits per heavy atom. The summed E-state index contributed by atoms with van der Waals surface area (Å²) in [5.74, 6) is -0.817. The number of nitrogens with zero attached hydrogens (tertiary/aromatic N) is 3. The first kappa shape index (κ1) is 17.0. The Bertz CT molecular complexity index is 1160. The SMILES string of the molecule is CCn1nnc2cc(C(=O)OC(C)C(=O)c3c[nH]c4ccccc34)ccc21. The molecule has 0 spiro atoms. The van der Waals surface area contributed by atoms with Gasteiger partial charge in [-0.05, 0) is 38.1 Å². The van der Waals surface area contributed by atoms with Gasteiger partial charge in [0.2, 0.25) is 5.78 Å². The number of aromatic nitrogens is 4. The molecule has 0 amide bonds. The molecule has 7 heteroatoms. The molecule has 27 heavy (non-hydrogen) atoms. The first-order valence-corrected chi connectivity index (χ1v) is 8.73. The third-order valence-corrected chi connectivity index (χ3v) is 4.56. The molecule has 0 radical (unpaired) electrons. The summed E-state index contributed by atoms with van der Waals surface area (Å²) in [7, 11) is 0. The molecule has 4 aromatic rings. The molecule has 136 valence electrons. The lowest BCUT2D eigenvalue weighted by Crippen LogP contribution is -2.24. The van der Waals surface area contributed by atoms with Crippen LogP contribution < -0.4 is 0 Å². The first-order chi connectivity index (χ1) is 13.1. The quantitative estimate of drug-likeness (QED) is 0.434. The van der Waals surface area contributed by atoms with Crippen molar-refractivity contribution in [2.24, 2.45) is 0 Å². The van der Waals surface area contributed by atoms with Crippen molar-refractivity contribution in [3.8, 4) is 0 Å². The molecule has 4 rings (SSSR count). The predicted molar refractivity (Wildman–Crippen MR) is 101 cm³/mol. The number of H-pyrrole nitrogens is 1. The highest BCUT2D eigenvalue weighted by Crippen LogP contribution is 2.21. The van der Waals surface area contributed by atoms with Crippen LogP contribution in [0.25, 0.3) is 21.9 Å². The van der Waals surface area contributed by atoms with E-state index in [2.05, 4.69) is 15.3 Å². The number of para-hydroxylation sites is 1. The van der Waals surface area contributed by atoms with Crippen LogP contribution in [0.3, 0.4) is 0 Å². The summed E-state index contributed by atoms with van der Waals surface area (Å²) in [6, 6.07) is 12.6. The van der Waals surface area contributed by atoms with Crippen LogP contribution in [0, 0.1) is 0 Å². The van der Waals surface area contributed by atoms with Gasteiger partial charge < -0.3 is 9.72 Å². The zero-order valence-corrected chi connectivity index (χ0v) is 15.0. The molecule has 0 aliphatic carbocycles. The van der Waals surface area contributed by atoms with Crippen LogP contribution in [0.4, 0.5) is 0 Å². The molecule has 2 aromatic carbocycles. The van der Waals surface area contributed by atoms with Crippen molar-refractivity contribution >= 4 is 33.7 Å². The van der Waals surface area contributed by atoms with Crippen LogP contribution in [-0.4, -0.2) is 37.8 Å². The van der Waals surface area contributed by atoms with E-state index in [1.165, 1.54) is 0 Å². The number of carbonyl (C=O) groups excluding carboxylic acids is 2. The van der Waals surface area contributed by atoms with Gasteiger partial charge in [-0.25, -0.2) is 9.48 Å². The predicted octanol–water partition coefficient (Wildman–Crippen LogP) is 3.36. The van der Waals surface area contributed by atoms with Gasteiger partial charge in [-0.2, -0.15) is 0 Å². The number of hydrogen-bond donors (Lipinski definition) is 1. The van der Waals surface area contributed by atoms with E-state index in [-0.39, 0.29) is 5.78 Å². The molecule has 0 fully saturated rings. The lowest BCUT2D eigenvalue weighted by Gasteiger charge is -2.12. The van der Waals surface area contributed by atoms with Gasteiger partial charge in [0.05, 0.1) is 11.1 Å². The highest BCUT2D eigenvalue weighted by atomic mass is 16.5. The summed E-state index contributed by atoms with van der Waals surface area (Å²) >= 11 is 0. The van der Waals surface area contributed by atoms with Crippen molar-refractivity contribution in [1.82, 2.24) is 20.0 Å². The number of ketones is 1. The number of aryl methyl sites for hydroxylation is 1. The van der Waals surface area contributed by atoms with E-state index in [9.17, 15) is 9.59 Å². The highest BCUT2D eigenvalue weighted by molar-refractivity contribution is 6.10. The third kappa shape index (κ3) is 2.97. The molecule has 1 N–H and O–H groups in total. The maximum Gasteiger partial charge on any atom is 0.338 e. The number of nitrogens with one attached hydrogen (secondary N) is 1. The Kier molecular flexibility index (Phi) is 4.19. The first-order valence-electron chi connectivity index (χ1n) is 8.73. The van der Waals surface area contributed by atoms with Gasteiger partial charge in [0.25, 0.3) is 0 Å². The van der Waals surface area contributed by atoms with E-state index in [0.717, 1.165) is 16.4 Å². The monoisotopic (exact) mass is 362 g/mol. The standard InChI is InChI=1S/C20H18N4O3/c1-3-24-18-9-8-13(10-17(18)22-23-24)20(26)27-12(2)19(25)15-11-21-16-7-5-4-6-14(15)16/h4-12,21H,3H2,1-2H3. The minimum absolute atomic E-state index is 0.251. The van der Waals surface area contributed by atoms with E-state index in [1.807, 2.05) is 31.2 Å². The maximum absolute atomic E-state index is 12.7. The number of fused-ring (bicyclic) bond motifs is 2. The summed E-state index contributed by atoms with van der Waals surface area (Å²) in [6.45, 7) is 4.23. The molecule has 7 nitrogen and oxygen atoms in total. The Labute approximate surface area is 154 Å². The summed E-state index contributed by atoms with van der Waals surface area (Å²) < 4.78 is 7.14. The molecule has 1 atom stereocenters. The summed E-state index contributed by atoms with van der Waals surface area (Å²) in [6.07, 6.45) is 0.741. The minimum Gasteiger partial charge on any atom is -0.451 e. The summed E-state index contributed by atoms with van der Waals surface area (Å²) in [5.41, 5.74) is 3.17. The van der Waals surface area contributed by atoms with Crippen LogP contribution in [0.2, 0.25) is 0 Å². The maximum atomic E-state index is 12.7. The fraction of sp³-hybridized carbons (Fsp3) is 0.200. The summed E-state index contributed by atoms with van der Waals surface area (Å²) in [4.78, 5) is 28.3. The lowest BCUT2D eigenvalue weighted by atomic mass is 10.1. The van der Waals surface area contributed by atoms with Crippen LogP contribution in [0.1, 0.15) is 34.6 Å². The number of carbonyl (C=O) groups is 2. The smallest absolute Gasteiger partial charge is 0.338 e. The van der Waals surface area contributed by atoms with Gasteiger partial charge in [0, 0.05) is 29.2 Å². The van der Waals surface area contributed by atoms with Crippen LogP contribution in [0.5, 0.6) is 0 Å². The van der Waals surface area contributed by atoms with Crippen molar-refractivity contribution in [3.63, 3.8) is 0 Å². The van der Waals surface area contributed by atoms with Gasteiger partial charge in [-0.3, -0.25) is 4.79 Å². The molecule has 0 aliphatic rings. The molecule has 2 aromatic heterocycles. The number of hydrogen-bond acceptors (Lipinski definition) is 5. The average molecular weight is 362 g/mol. The molecule has 0 saturated heterocycles. The van der Waals surface area contributed by atoms with E-state index < -0.39 is 12.1 Å². The Hall–Kier alpha value is -3.48. The zero-order valence-electron chi connectivity index (χ0n) is 15.0. The number of rotatable bonds is 5. The van der Waals surface area contributed by atoms with E-state index in [1.54, 1.807) is 36.0 Å². The number of Topliss-reactive ketones (excluding diaryl/α,β-unsaturated/α-hetero) is 1. The van der Waals surface area contributed by atoms with Gasteiger partial charge >= 0.3 is 5.97 Å². The number of esters is 1. The van der Waals surface area contributed by atoms with E-state index in [4.69, 9.17) is 4.74 Å². The Morgan fingerprint density at radius 2 is 2.04 bits per heavy atom. The number of ether oxygens (including phenoxy) is 1. The van der Waals surface area contributed by atoms with Crippen LogP contribution in [-0.2, 0) is 11.3 Å². The second-order valence-corrected chi connectivity index (χ2v) is 6.27.